The van der Waals surface area contributed by atoms with E-state index < -0.39 is 18.6 Å². The number of alkyl halides is 1. The molecule has 0 aromatic carbocycles. The van der Waals surface area contributed by atoms with Gasteiger partial charge in [0, 0.05) is 12.3 Å². The van der Waals surface area contributed by atoms with E-state index in [1.807, 2.05) is 5.32 Å². The predicted octanol–water partition coefficient (Wildman–Crippen LogP) is -0.366. The molecule has 0 aromatic heterocycles. The lowest BCUT2D eigenvalue weighted by Gasteiger charge is -2.22. The summed E-state index contributed by atoms with van der Waals surface area (Å²) in [6.45, 7) is 0. The summed E-state index contributed by atoms with van der Waals surface area (Å²) in [5.74, 6) is -0.848. The van der Waals surface area contributed by atoms with Gasteiger partial charge < -0.3 is 15.4 Å². The van der Waals surface area contributed by atoms with Gasteiger partial charge in [-0.3, -0.25) is 0 Å². The van der Waals surface area contributed by atoms with Crippen molar-refractivity contribution in [2.75, 3.05) is 0 Å². The summed E-state index contributed by atoms with van der Waals surface area (Å²) in [5, 5.41) is 18.8. The summed E-state index contributed by atoms with van der Waals surface area (Å²) in [7, 11) is -2.28. The molecular formula is C5H6BF2NO2. The molecule has 1 aliphatic rings. The molecule has 1 atom stereocenters. The van der Waals surface area contributed by atoms with Crippen molar-refractivity contribution >= 4 is 7.12 Å². The van der Waals surface area contributed by atoms with Crippen LogP contribution in [0.2, 0.25) is 0 Å². The van der Waals surface area contributed by atoms with Gasteiger partial charge in [-0.2, -0.15) is 0 Å². The number of hydrogen-bond acceptors (Lipinski definition) is 3. The van der Waals surface area contributed by atoms with E-state index >= 15 is 0 Å². The lowest BCUT2D eigenvalue weighted by Crippen LogP contribution is -2.51. The van der Waals surface area contributed by atoms with Gasteiger partial charge in [-0.25, -0.2) is 8.78 Å². The molecule has 0 aliphatic carbocycles. The van der Waals surface area contributed by atoms with Crippen LogP contribution in [0.4, 0.5) is 8.78 Å². The molecule has 0 bridgehead atoms. The van der Waals surface area contributed by atoms with Crippen LogP contribution in [-0.4, -0.2) is 22.9 Å². The third-order valence-electron chi connectivity index (χ3n) is 1.27. The zero-order valence-electron chi connectivity index (χ0n) is 5.46. The van der Waals surface area contributed by atoms with Crippen molar-refractivity contribution in [1.82, 2.24) is 5.32 Å². The van der Waals surface area contributed by atoms with Crippen molar-refractivity contribution in [1.29, 1.82) is 0 Å². The van der Waals surface area contributed by atoms with E-state index in [9.17, 15) is 8.78 Å². The number of dihydropyridines is 1. The molecule has 1 aliphatic heterocycles. The van der Waals surface area contributed by atoms with Crippen LogP contribution in [-0.2, 0) is 0 Å². The Morgan fingerprint density at radius 1 is 1.55 bits per heavy atom. The highest BCUT2D eigenvalue weighted by molar-refractivity contribution is 6.45. The van der Waals surface area contributed by atoms with Crippen LogP contribution in [0.25, 0.3) is 0 Å². The molecule has 0 radical (unpaired) electrons. The van der Waals surface area contributed by atoms with E-state index in [0.29, 0.717) is 6.08 Å². The molecular weight excluding hydrogens is 155 g/mol. The first-order valence-corrected chi connectivity index (χ1v) is 2.92. The highest BCUT2D eigenvalue weighted by Crippen LogP contribution is 2.18. The van der Waals surface area contributed by atoms with E-state index in [1.165, 1.54) is 0 Å². The Bertz CT molecular complexity index is 219. The Kier molecular flexibility index (Phi) is 1.97. The summed E-state index contributed by atoms with van der Waals surface area (Å²) in [6.07, 6.45) is 2.40. The average molecular weight is 161 g/mol. The van der Waals surface area contributed by atoms with Crippen molar-refractivity contribution in [2.45, 2.75) is 5.69 Å². The number of allylic oxidation sites excluding steroid dienone is 2. The molecule has 0 spiro atoms. The Balaban J connectivity index is 2.83. The fourth-order valence-corrected chi connectivity index (χ4v) is 0.689. The molecule has 1 rings (SSSR count). The standard InChI is InChI=1S/C5H6BF2NO2/c7-4-1-2-9-5(8,3-4)6(10)11/h1-3,9-11H. The van der Waals surface area contributed by atoms with E-state index in [2.05, 4.69) is 0 Å². The van der Waals surface area contributed by atoms with Gasteiger partial charge in [-0.1, -0.05) is 0 Å². The maximum atomic E-state index is 13.0. The summed E-state index contributed by atoms with van der Waals surface area (Å²) >= 11 is 0. The fraction of sp³-hybridized carbons (Fsp3) is 0.200. The first kappa shape index (κ1) is 8.22. The topological polar surface area (TPSA) is 52.5 Å². The summed E-state index contributed by atoms with van der Waals surface area (Å²) < 4.78 is 25.3. The minimum atomic E-state index is -2.61. The number of rotatable bonds is 1. The lowest BCUT2D eigenvalue weighted by molar-refractivity contribution is 0.216. The molecule has 0 fully saturated rings. The molecule has 0 amide bonds. The van der Waals surface area contributed by atoms with Crippen molar-refractivity contribution in [3.05, 3.63) is 24.2 Å². The average Bonchev–Trinajstić information content (AvgIpc) is 1.86. The monoisotopic (exact) mass is 161 g/mol. The second-order valence-electron chi connectivity index (χ2n) is 2.15. The first-order chi connectivity index (χ1) is 5.04. The number of hydrogen-bond donors (Lipinski definition) is 3. The maximum Gasteiger partial charge on any atom is 0.518 e. The van der Waals surface area contributed by atoms with Gasteiger partial charge in [-0.05, 0) is 6.08 Å². The largest absolute Gasteiger partial charge is 0.518 e. The Hall–Kier alpha value is -0.875. The molecule has 0 saturated heterocycles. The normalized spacial score (nSPS) is 29.3. The zero-order valence-corrected chi connectivity index (χ0v) is 5.46. The molecule has 0 saturated carbocycles. The van der Waals surface area contributed by atoms with Crippen LogP contribution in [0.3, 0.4) is 0 Å². The molecule has 60 valence electrons. The summed E-state index contributed by atoms with van der Waals surface area (Å²) in [4.78, 5) is 0. The van der Waals surface area contributed by atoms with Crippen LogP contribution in [0.1, 0.15) is 0 Å². The second kappa shape index (κ2) is 2.63. The SMILES string of the molecule is OB(O)C1(F)C=C(F)C=CN1. The Labute approximate surface area is 62.2 Å². The molecule has 11 heavy (non-hydrogen) atoms. The van der Waals surface area contributed by atoms with E-state index in [-0.39, 0.29) is 0 Å². The van der Waals surface area contributed by atoms with Crippen LogP contribution in [0.5, 0.6) is 0 Å². The van der Waals surface area contributed by atoms with Crippen LogP contribution < -0.4 is 5.32 Å². The third kappa shape index (κ3) is 1.58. The molecule has 3 nitrogen and oxygen atoms in total. The zero-order chi connectivity index (χ0) is 8.48. The molecule has 1 unspecified atom stereocenters. The van der Waals surface area contributed by atoms with Crippen molar-refractivity contribution < 1.29 is 18.8 Å². The van der Waals surface area contributed by atoms with Crippen LogP contribution >= 0.6 is 0 Å². The molecule has 3 N–H and O–H groups in total. The predicted molar refractivity (Wildman–Crippen MR) is 35.5 cm³/mol. The molecule has 0 aromatic rings. The quantitative estimate of drug-likeness (QED) is 0.363. The summed E-state index contributed by atoms with van der Waals surface area (Å²) in [5.41, 5.74) is -2.61. The van der Waals surface area contributed by atoms with Gasteiger partial charge >= 0.3 is 7.12 Å². The third-order valence-corrected chi connectivity index (χ3v) is 1.27. The van der Waals surface area contributed by atoms with Crippen LogP contribution in [0.15, 0.2) is 24.2 Å². The fourth-order valence-electron chi connectivity index (χ4n) is 0.689. The van der Waals surface area contributed by atoms with E-state index in [0.717, 1.165) is 12.3 Å². The minimum absolute atomic E-state index is 0.456. The second-order valence-corrected chi connectivity index (χ2v) is 2.15. The first-order valence-electron chi connectivity index (χ1n) is 2.92. The van der Waals surface area contributed by atoms with Gasteiger partial charge in [0.05, 0.1) is 0 Å². The number of halogens is 2. The van der Waals surface area contributed by atoms with Gasteiger partial charge in [0.1, 0.15) is 5.83 Å². The Morgan fingerprint density at radius 3 is 2.55 bits per heavy atom. The van der Waals surface area contributed by atoms with Gasteiger partial charge in [0.15, 0.2) is 0 Å². The van der Waals surface area contributed by atoms with Gasteiger partial charge in [0.2, 0.25) is 5.69 Å². The van der Waals surface area contributed by atoms with Crippen molar-refractivity contribution in [3.63, 3.8) is 0 Å². The summed E-state index contributed by atoms with van der Waals surface area (Å²) in [6, 6.07) is 0. The highest BCUT2D eigenvalue weighted by atomic mass is 19.1. The minimum Gasteiger partial charge on any atom is -0.424 e. The maximum absolute atomic E-state index is 13.0. The van der Waals surface area contributed by atoms with Crippen molar-refractivity contribution in [3.8, 4) is 0 Å². The van der Waals surface area contributed by atoms with Crippen molar-refractivity contribution in [2.24, 2.45) is 0 Å². The van der Waals surface area contributed by atoms with E-state index in [4.69, 9.17) is 10.0 Å². The molecule has 1 heterocycles. The smallest absolute Gasteiger partial charge is 0.424 e. The Morgan fingerprint density at radius 2 is 2.18 bits per heavy atom. The van der Waals surface area contributed by atoms with Crippen LogP contribution in [0, 0.1) is 0 Å². The van der Waals surface area contributed by atoms with Gasteiger partial charge in [-0.15, -0.1) is 0 Å². The molecule has 6 heteroatoms. The lowest BCUT2D eigenvalue weighted by atomic mass is 9.75. The number of nitrogens with one attached hydrogen (secondary N) is 1. The highest BCUT2D eigenvalue weighted by Gasteiger charge is 2.41. The van der Waals surface area contributed by atoms with Gasteiger partial charge in [0.25, 0.3) is 0 Å². The van der Waals surface area contributed by atoms with E-state index in [1.54, 1.807) is 0 Å².